The lowest BCUT2D eigenvalue weighted by atomic mass is 10.1. The highest BCUT2D eigenvalue weighted by molar-refractivity contribution is 6.06. The van der Waals surface area contributed by atoms with Crippen LogP contribution in [0.3, 0.4) is 0 Å². The van der Waals surface area contributed by atoms with E-state index >= 15 is 0 Å². The van der Waals surface area contributed by atoms with Crippen molar-refractivity contribution in [3.05, 3.63) is 29.5 Å². The van der Waals surface area contributed by atoms with Crippen molar-refractivity contribution >= 4 is 22.8 Å². The third kappa shape index (κ3) is 2.58. The molecular weight excluding hydrogens is 282 g/mol. The molecule has 0 amide bonds. The van der Waals surface area contributed by atoms with Crippen molar-refractivity contribution in [1.82, 2.24) is 4.98 Å². The number of rotatable bonds is 4. The van der Waals surface area contributed by atoms with Gasteiger partial charge >= 0.3 is 11.9 Å². The molecule has 1 saturated carbocycles. The van der Waals surface area contributed by atoms with Gasteiger partial charge in [0.1, 0.15) is 5.75 Å². The fraction of sp³-hybridized carbons (Fsp3) is 0.412. The van der Waals surface area contributed by atoms with E-state index in [-0.39, 0.29) is 17.9 Å². The van der Waals surface area contributed by atoms with Crippen molar-refractivity contribution in [3.8, 4) is 5.75 Å². The zero-order valence-corrected chi connectivity index (χ0v) is 12.9. The lowest BCUT2D eigenvalue weighted by Crippen LogP contribution is -2.11. The Bertz CT molecular complexity index is 746. The third-order valence-corrected chi connectivity index (χ3v) is 4.07. The first-order valence-corrected chi connectivity index (χ1v) is 7.52. The summed E-state index contributed by atoms with van der Waals surface area (Å²) >= 11 is 0. The number of carbonyl (C=O) groups excluding carboxylic acids is 2. The second kappa shape index (κ2) is 5.48. The van der Waals surface area contributed by atoms with Crippen LogP contribution in [-0.4, -0.2) is 23.5 Å². The summed E-state index contributed by atoms with van der Waals surface area (Å²) in [5, 5.41) is 0.713. The molecule has 3 rings (SSSR count). The molecule has 2 aromatic rings. The van der Waals surface area contributed by atoms with E-state index in [1.165, 1.54) is 0 Å². The number of hydrogen-bond donors (Lipinski definition) is 1. The number of aromatic nitrogens is 1. The molecule has 22 heavy (non-hydrogen) atoms. The fourth-order valence-electron chi connectivity index (χ4n) is 2.68. The minimum absolute atomic E-state index is 0.00758. The van der Waals surface area contributed by atoms with Gasteiger partial charge in [-0.05, 0) is 44.4 Å². The van der Waals surface area contributed by atoms with Crippen LogP contribution in [0.15, 0.2) is 18.2 Å². The molecule has 0 bridgehead atoms. The average molecular weight is 301 g/mol. The number of benzene rings is 1. The molecule has 5 heteroatoms. The molecule has 2 atom stereocenters. The normalized spacial score (nSPS) is 20.0. The van der Waals surface area contributed by atoms with Gasteiger partial charge in [0.05, 0.1) is 18.1 Å². The summed E-state index contributed by atoms with van der Waals surface area (Å²) in [5.74, 6) is 0.303. The van der Waals surface area contributed by atoms with Crippen LogP contribution in [0.5, 0.6) is 5.75 Å². The molecule has 0 aliphatic heterocycles. The van der Waals surface area contributed by atoms with Gasteiger partial charge in [0.15, 0.2) is 0 Å². The van der Waals surface area contributed by atoms with Gasteiger partial charge < -0.3 is 14.5 Å². The molecule has 0 radical (unpaired) electrons. The molecule has 1 fully saturated rings. The van der Waals surface area contributed by atoms with E-state index in [0.717, 1.165) is 17.6 Å². The maximum atomic E-state index is 12.1. The Morgan fingerprint density at radius 3 is 2.73 bits per heavy atom. The van der Waals surface area contributed by atoms with Crippen LogP contribution in [-0.2, 0) is 9.53 Å². The Morgan fingerprint density at radius 2 is 2.09 bits per heavy atom. The summed E-state index contributed by atoms with van der Waals surface area (Å²) in [6.07, 6.45) is 0.887. The fourth-order valence-corrected chi connectivity index (χ4v) is 2.68. The van der Waals surface area contributed by atoms with Crippen LogP contribution in [0, 0.1) is 18.8 Å². The van der Waals surface area contributed by atoms with Gasteiger partial charge in [-0.1, -0.05) is 6.92 Å². The van der Waals surface area contributed by atoms with E-state index < -0.39 is 0 Å². The van der Waals surface area contributed by atoms with E-state index in [9.17, 15) is 9.59 Å². The van der Waals surface area contributed by atoms with Crippen molar-refractivity contribution in [1.29, 1.82) is 0 Å². The van der Waals surface area contributed by atoms with Crippen molar-refractivity contribution in [2.45, 2.75) is 27.2 Å². The zero-order chi connectivity index (χ0) is 15.9. The molecule has 116 valence electrons. The Hall–Kier alpha value is -2.30. The van der Waals surface area contributed by atoms with E-state index in [1.807, 2.05) is 19.9 Å². The molecule has 1 aromatic carbocycles. The number of fused-ring (bicyclic) bond motifs is 1. The van der Waals surface area contributed by atoms with Crippen molar-refractivity contribution in [3.63, 3.8) is 0 Å². The SMILES string of the molecule is CCOC(=O)c1c(C)[nH]c2ccc(OC(=O)[C@@H]3C[C@H]3C)cc12. The monoisotopic (exact) mass is 301 g/mol. The smallest absolute Gasteiger partial charge is 0.340 e. The molecular formula is C17H19NO4. The molecule has 1 N–H and O–H groups in total. The number of carbonyl (C=O) groups is 2. The summed E-state index contributed by atoms with van der Waals surface area (Å²) < 4.78 is 10.5. The Morgan fingerprint density at radius 1 is 1.36 bits per heavy atom. The van der Waals surface area contributed by atoms with Crippen LogP contribution < -0.4 is 4.74 Å². The molecule has 5 nitrogen and oxygen atoms in total. The quantitative estimate of drug-likeness (QED) is 0.695. The molecule has 0 spiro atoms. The second-order valence-corrected chi connectivity index (χ2v) is 5.79. The molecule has 1 aliphatic rings. The lowest BCUT2D eigenvalue weighted by Gasteiger charge is -2.05. The van der Waals surface area contributed by atoms with Crippen molar-refractivity contribution < 1.29 is 19.1 Å². The predicted molar refractivity (Wildman–Crippen MR) is 81.9 cm³/mol. The Kier molecular flexibility index (Phi) is 3.64. The van der Waals surface area contributed by atoms with Gasteiger partial charge in [-0.15, -0.1) is 0 Å². The first-order chi connectivity index (χ1) is 10.5. The standard InChI is InChI=1S/C17H19NO4/c1-4-21-17(20)15-10(3)18-14-6-5-11(8-13(14)15)22-16(19)12-7-9(12)2/h5-6,8-9,12,18H,4,7H2,1-3H3/t9-,12-/m1/s1. The number of nitrogens with one attached hydrogen (secondary N) is 1. The highest BCUT2D eigenvalue weighted by Gasteiger charge is 2.40. The summed E-state index contributed by atoms with van der Waals surface area (Å²) in [7, 11) is 0. The zero-order valence-electron chi connectivity index (χ0n) is 12.9. The first kappa shape index (κ1) is 14.6. The molecule has 1 heterocycles. The van der Waals surface area contributed by atoms with Gasteiger partial charge in [0, 0.05) is 16.6 Å². The van der Waals surface area contributed by atoms with Gasteiger partial charge in [0.25, 0.3) is 0 Å². The van der Waals surface area contributed by atoms with Crippen LogP contribution >= 0.6 is 0 Å². The van der Waals surface area contributed by atoms with Crippen LogP contribution in [0.1, 0.15) is 36.3 Å². The lowest BCUT2D eigenvalue weighted by molar-refractivity contribution is -0.136. The van der Waals surface area contributed by atoms with Crippen molar-refractivity contribution in [2.75, 3.05) is 6.61 Å². The van der Waals surface area contributed by atoms with E-state index in [2.05, 4.69) is 4.98 Å². The minimum Gasteiger partial charge on any atom is -0.462 e. The van der Waals surface area contributed by atoms with Crippen LogP contribution in [0.25, 0.3) is 10.9 Å². The third-order valence-electron chi connectivity index (χ3n) is 4.07. The van der Waals surface area contributed by atoms with E-state index in [4.69, 9.17) is 9.47 Å². The molecule has 1 aliphatic carbocycles. The van der Waals surface area contributed by atoms with Crippen LogP contribution in [0.2, 0.25) is 0 Å². The van der Waals surface area contributed by atoms with Crippen molar-refractivity contribution in [2.24, 2.45) is 11.8 Å². The minimum atomic E-state index is -0.370. The summed E-state index contributed by atoms with van der Waals surface area (Å²) in [4.78, 5) is 27.2. The Labute approximate surface area is 128 Å². The van der Waals surface area contributed by atoms with Gasteiger partial charge in [-0.3, -0.25) is 4.79 Å². The molecule has 1 aromatic heterocycles. The maximum absolute atomic E-state index is 12.1. The molecule has 0 unspecified atom stereocenters. The summed E-state index contributed by atoms with van der Waals surface area (Å²) in [6, 6.07) is 5.26. The van der Waals surface area contributed by atoms with E-state index in [1.54, 1.807) is 19.1 Å². The number of hydrogen-bond acceptors (Lipinski definition) is 4. The predicted octanol–water partition coefficient (Wildman–Crippen LogP) is 3.21. The van der Waals surface area contributed by atoms with Gasteiger partial charge in [-0.2, -0.15) is 0 Å². The number of esters is 2. The summed E-state index contributed by atoms with van der Waals surface area (Å²) in [6.45, 7) is 5.94. The number of ether oxygens (including phenoxy) is 2. The number of H-pyrrole nitrogens is 1. The second-order valence-electron chi connectivity index (χ2n) is 5.79. The van der Waals surface area contributed by atoms with Gasteiger partial charge in [-0.25, -0.2) is 4.79 Å². The maximum Gasteiger partial charge on any atom is 0.340 e. The van der Waals surface area contributed by atoms with Gasteiger partial charge in [0.2, 0.25) is 0 Å². The number of aryl methyl sites for hydroxylation is 1. The van der Waals surface area contributed by atoms with Crippen LogP contribution in [0.4, 0.5) is 0 Å². The average Bonchev–Trinajstić information content (AvgIpc) is 3.10. The number of aromatic amines is 1. The highest BCUT2D eigenvalue weighted by Crippen LogP contribution is 2.39. The largest absolute Gasteiger partial charge is 0.462 e. The van der Waals surface area contributed by atoms with E-state index in [0.29, 0.717) is 29.2 Å². The first-order valence-electron chi connectivity index (χ1n) is 7.52. The topological polar surface area (TPSA) is 68.4 Å². The Balaban J connectivity index is 1.92. The highest BCUT2D eigenvalue weighted by atomic mass is 16.5. The summed E-state index contributed by atoms with van der Waals surface area (Å²) in [5.41, 5.74) is 2.06. The molecule has 0 saturated heterocycles.